The number of anilines is 6. The van der Waals surface area contributed by atoms with Gasteiger partial charge in [-0.2, -0.15) is 0 Å². The van der Waals surface area contributed by atoms with Crippen molar-refractivity contribution in [3.05, 3.63) is 345 Å². The molecule has 4 aliphatic rings. The van der Waals surface area contributed by atoms with Crippen LogP contribution in [0.25, 0.3) is 44.5 Å². The second kappa shape index (κ2) is 18.0. The summed E-state index contributed by atoms with van der Waals surface area (Å²) in [5.74, 6) is -0.00170. The summed E-state index contributed by atoms with van der Waals surface area (Å²) in [6.45, 7) is 8.58. The molecule has 0 fully saturated rings. The van der Waals surface area contributed by atoms with Gasteiger partial charge < -0.3 is 9.80 Å². The van der Waals surface area contributed by atoms with E-state index in [-0.39, 0.29) is 5.78 Å². The van der Waals surface area contributed by atoms with Crippen molar-refractivity contribution >= 4 is 39.9 Å². The Morgan fingerprint density at radius 1 is 0.244 bits per heavy atom. The van der Waals surface area contributed by atoms with Crippen LogP contribution >= 0.6 is 0 Å². The smallest absolute Gasteiger partial charge is 0.193 e. The molecule has 0 heterocycles. The predicted octanol–water partition coefficient (Wildman–Crippen LogP) is 19.8. The van der Waals surface area contributed by atoms with E-state index in [9.17, 15) is 0 Å². The third-order valence-electron chi connectivity index (χ3n) is 18.4. The quantitative estimate of drug-likeness (QED) is 0.142. The maximum Gasteiger partial charge on any atom is 0.193 e. The van der Waals surface area contributed by atoms with Crippen molar-refractivity contribution in [1.82, 2.24) is 0 Å². The third-order valence-corrected chi connectivity index (χ3v) is 18.4. The maximum absolute atomic E-state index is 16.0. The van der Waals surface area contributed by atoms with E-state index in [4.69, 9.17) is 0 Å². The van der Waals surface area contributed by atoms with Crippen LogP contribution < -0.4 is 9.80 Å². The zero-order chi connectivity index (χ0) is 55.0. The third kappa shape index (κ3) is 6.74. The van der Waals surface area contributed by atoms with Gasteiger partial charge in [0, 0.05) is 45.3 Å². The van der Waals surface area contributed by atoms with Gasteiger partial charge in [0.05, 0.1) is 10.8 Å². The van der Waals surface area contributed by atoms with Gasteiger partial charge >= 0.3 is 0 Å². The van der Waals surface area contributed by atoms with Gasteiger partial charge in [0.1, 0.15) is 0 Å². The van der Waals surface area contributed by atoms with Crippen molar-refractivity contribution in [3.63, 3.8) is 0 Å². The number of carbonyl (C=O) groups is 1. The second-order valence-electron chi connectivity index (χ2n) is 23.0. The molecule has 0 amide bonds. The molecule has 0 unspecified atom stereocenters. The van der Waals surface area contributed by atoms with Crippen molar-refractivity contribution in [2.24, 2.45) is 0 Å². The number of hydrogen-bond acceptors (Lipinski definition) is 3. The van der Waals surface area contributed by atoms with Crippen LogP contribution in [0.2, 0.25) is 0 Å². The molecular formula is C79H56N2O. The van der Waals surface area contributed by atoms with E-state index in [1.54, 1.807) is 0 Å². The normalized spacial score (nSPS) is 13.6. The molecule has 82 heavy (non-hydrogen) atoms. The highest BCUT2D eigenvalue weighted by Crippen LogP contribution is 2.66. The van der Waals surface area contributed by atoms with Crippen LogP contribution in [0.4, 0.5) is 34.1 Å². The van der Waals surface area contributed by atoms with Crippen LogP contribution in [-0.2, 0) is 10.8 Å². The first-order valence-electron chi connectivity index (χ1n) is 28.6. The molecule has 16 rings (SSSR count). The van der Waals surface area contributed by atoms with Crippen LogP contribution in [0.3, 0.4) is 0 Å². The first-order valence-corrected chi connectivity index (χ1v) is 28.6. The van der Waals surface area contributed by atoms with E-state index in [2.05, 4.69) is 304 Å². The van der Waals surface area contributed by atoms with Crippen LogP contribution in [0.1, 0.15) is 82.7 Å². The highest BCUT2D eigenvalue weighted by molar-refractivity contribution is 6.11. The van der Waals surface area contributed by atoms with E-state index in [1.165, 1.54) is 94.6 Å². The summed E-state index contributed by atoms with van der Waals surface area (Å²) >= 11 is 0. The fourth-order valence-corrected chi connectivity index (χ4v) is 14.7. The fourth-order valence-electron chi connectivity index (χ4n) is 14.7. The number of rotatable bonds is 8. The molecule has 0 bridgehead atoms. The molecule has 0 saturated heterocycles. The van der Waals surface area contributed by atoms with Crippen LogP contribution in [-0.4, -0.2) is 5.78 Å². The fraction of sp³-hybridized carbons (Fsp3) is 0.0759. The van der Waals surface area contributed by atoms with Gasteiger partial charge in [-0.3, -0.25) is 4.79 Å². The second-order valence-corrected chi connectivity index (χ2v) is 23.0. The standard InChI is InChI=1S/C79H56N2O/c1-49-21-31-55(32-22-49)80(56-33-23-50(2)24-34-56)59-39-43-67-68-44-40-60(81(57-35-25-51(3)26-36-57)58-37-27-52(4)28-38-58)48-76(68)79(75(67)47-59)72-20-12-8-16-64(72)66-42-30-54(46-74(66)79)77(82)53-29-41-65-63-15-7-11-19-71(63)78(73(65)45-53)69-17-9-5-13-61(69)62-14-6-10-18-70(62)78/h5-48H,1-4H3. The number of carbonyl (C=O) groups excluding carboxylic acids is 1. The molecular weight excluding hydrogens is 993 g/mol. The molecule has 0 radical (unpaired) electrons. The van der Waals surface area contributed by atoms with Gasteiger partial charge in [0.15, 0.2) is 5.78 Å². The van der Waals surface area contributed by atoms with E-state index < -0.39 is 10.8 Å². The van der Waals surface area contributed by atoms with Crippen LogP contribution in [0, 0.1) is 27.7 Å². The lowest BCUT2D eigenvalue weighted by atomic mass is 9.69. The molecule has 0 N–H and O–H groups in total. The average Bonchev–Trinajstić information content (AvgIpc) is 1.74. The minimum atomic E-state index is -0.821. The highest BCUT2D eigenvalue weighted by atomic mass is 16.1. The van der Waals surface area contributed by atoms with Gasteiger partial charge in [-0.25, -0.2) is 0 Å². The Morgan fingerprint density at radius 2 is 0.476 bits per heavy atom. The Balaban J connectivity index is 0.927. The Morgan fingerprint density at radius 3 is 0.780 bits per heavy atom. The maximum atomic E-state index is 16.0. The van der Waals surface area contributed by atoms with Crippen molar-refractivity contribution in [1.29, 1.82) is 0 Å². The zero-order valence-electron chi connectivity index (χ0n) is 46.2. The number of hydrogen-bond donors (Lipinski definition) is 0. The van der Waals surface area contributed by atoms with Crippen molar-refractivity contribution < 1.29 is 4.79 Å². The summed E-state index contributed by atoms with van der Waals surface area (Å²) in [4.78, 5) is 20.8. The minimum Gasteiger partial charge on any atom is -0.310 e. The molecule has 0 saturated carbocycles. The Hall–Kier alpha value is -10.1. The number of nitrogens with zero attached hydrogens (tertiary/aromatic N) is 2. The lowest BCUT2D eigenvalue weighted by Crippen LogP contribution is -2.27. The SMILES string of the molecule is Cc1ccc(N(c2ccc(C)cc2)c2ccc3c(c2)C2(c4ccccc4-c4ccc(C(=O)c5ccc6c(c5)C5(c7ccccc7-c7ccccc75)c5ccccc5-6)cc42)c2cc(N(c4ccc(C)cc4)c4ccc(C)cc4)ccc2-3)cc1. The summed E-state index contributed by atoms with van der Waals surface area (Å²) < 4.78 is 0. The summed E-state index contributed by atoms with van der Waals surface area (Å²) in [5.41, 5.74) is 30.3. The van der Waals surface area contributed by atoms with E-state index in [1.807, 2.05) is 0 Å². The topological polar surface area (TPSA) is 23.6 Å². The summed E-state index contributed by atoms with van der Waals surface area (Å²) in [6.07, 6.45) is 0. The summed E-state index contributed by atoms with van der Waals surface area (Å²) in [7, 11) is 0. The van der Waals surface area contributed by atoms with Gasteiger partial charge in [0.2, 0.25) is 0 Å². The molecule has 0 aromatic heterocycles. The first kappa shape index (κ1) is 47.9. The Labute approximate surface area is 479 Å². The number of fused-ring (bicyclic) bond motifs is 20. The number of benzene rings is 12. The molecule has 4 aliphatic carbocycles. The van der Waals surface area contributed by atoms with Crippen LogP contribution in [0.15, 0.2) is 267 Å². The van der Waals surface area contributed by atoms with Gasteiger partial charge in [-0.1, -0.05) is 204 Å². The van der Waals surface area contributed by atoms with Gasteiger partial charge in [0.25, 0.3) is 0 Å². The molecule has 0 aliphatic heterocycles. The van der Waals surface area contributed by atoms with Crippen LogP contribution in [0.5, 0.6) is 0 Å². The number of ketones is 1. The zero-order valence-corrected chi connectivity index (χ0v) is 46.2. The molecule has 2 spiro atoms. The summed E-state index contributed by atoms with van der Waals surface area (Å²) in [6, 6.07) is 98.2. The van der Waals surface area contributed by atoms with Crippen molar-refractivity contribution in [2.75, 3.05) is 9.80 Å². The van der Waals surface area contributed by atoms with E-state index in [0.29, 0.717) is 11.1 Å². The largest absolute Gasteiger partial charge is 0.310 e. The molecule has 3 heteroatoms. The molecule has 0 atom stereocenters. The Bertz CT molecular complexity index is 4320. The lowest BCUT2D eigenvalue weighted by Gasteiger charge is -2.33. The van der Waals surface area contributed by atoms with Gasteiger partial charge in [-0.05, 0) is 202 Å². The predicted molar refractivity (Wildman–Crippen MR) is 337 cm³/mol. The average molecular weight is 1050 g/mol. The first-order chi connectivity index (χ1) is 40.2. The summed E-state index contributed by atoms with van der Waals surface area (Å²) in [5, 5.41) is 0. The molecule has 12 aromatic carbocycles. The number of aryl methyl sites for hydroxylation is 4. The monoisotopic (exact) mass is 1050 g/mol. The molecule has 12 aromatic rings. The molecule has 3 nitrogen and oxygen atoms in total. The van der Waals surface area contributed by atoms with E-state index >= 15 is 4.79 Å². The van der Waals surface area contributed by atoms with Crippen molar-refractivity contribution in [3.8, 4) is 44.5 Å². The minimum absolute atomic E-state index is 0.00170. The van der Waals surface area contributed by atoms with Crippen molar-refractivity contribution in [2.45, 2.75) is 38.5 Å². The Kier molecular flexibility index (Phi) is 10.5. The molecule has 388 valence electrons. The lowest BCUT2D eigenvalue weighted by molar-refractivity contribution is 0.103. The highest BCUT2D eigenvalue weighted by Gasteiger charge is 2.54. The van der Waals surface area contributed by atoms with Gasteiger partial charge in [-0.15, -0.1) is 0 Å². The van der Waals surface area contributed by atoms with E-state index in [0.717, 1.165) is 50.8 Å².